The van der Waals surface area contributed by atoms with Crippen LogP contribution in [-0.4, -0.2) is 27.0 Å². The Hall–Kier alpha value is -2.38. The second-order valence-electron chi connectivity index (χ2n) is 9.25. The Labute approximate surface area is 198 Å². The molecule has 0 aliphatic heterocycles. The van der Waals surface area contributed by atoms with Crippen molar-refractivity contribution in [3.63, 3.8) is 0 Å². The lowest BCUT2D eigenvalue weighted by Crippen LogP contribution is -2.36. The van der Waals surface area contributed by atoms with E-state index in [1.54, 1.807) is 19.1 Å². The SMILES string of the molecule is Cc1cc(C)c(C(C)NC(=O)COc2ccc(S(=O)(=O)NC3CCCCC3)cc2C)cc1C. The van der Waals surface area contributed by atoms with Gasteiger partial charge in [0.1, 0.15) is 5.75 Å². The zero-order valence-electron chi connectivity index (χ0n) is 20.3. The minimum atomic E-state index is -3.57. The first-order chi connectivity index (χ1) is 15.6. The van der Waals surface area contributed by atoms with Gasteiger partial charge in [0.2, 0.25) is 10.0 Å². The highest BCUT2D eigenvalue weighted by Crippen LogP contribution is 2.25. The third-order valence-corrected chi connectivity index (χ3v) is 7.99. The third kappa shape index (κ3) is 6.58. The van der Waals surface area contributed by atoms with Gasteiger partial charge in [0.05, 0.1) is 10.9 Å². The van der Waals surface area contributed by atoms with Crippen LogP contribution in [0, 0.1) is 27.7 Å². The van der Waals surface area contributed by atoms with Gasteiger partial charge in [-0.3, -0.25) is 4.79 Å². The van der Waals surface area contributed by atoms with Crippen molar-refractivity contribution in [2.24, 2.45) is 0 Å². The summed E-state index contributed by atoms with van der Waals surface area (Å²) < 4.78 is 34.0. The van der Waals surface area contributed by atoms with Crippen LogP contribution < -0.4 is 14.8 Å². The Morgan fingerprint density at radius 3 is 2.30 bits per heavy atom. The summed E-state index contributed by atoms with van der Waals surface area (Å²) in [6.45, 7) is 9.79. The average Bonchev–Trinajstić information content (AvgIpc) is 2.75. The van der Waals surface area contributed by atoms with Gasteiger partial charge in [-0.1, -0.05) is 31.4 Å². The van der Waals surface area contributed by atoms with E-state index in [0.29, 0.717) is 11.3 Å². The first-order valence-corrected chi connectivity index (χ1v) is 13.2. The predicted octanol–water partition coefficient (Wildman–Crippen LogP) is 4.79. The van der Waals surface area contributed by atoms with Gasteiger partial charge in [-0.05, 0) is 93.5 Å². The fraction of sp³-hybridized carbons (Fsp3) is 0.500. The van der Waals surface area contributed by atoms with E-state index in [0.717, 1.165) is 36.8 Å². The maximum absolute atomic E-state index is 12.7. The molecule has 3 rings (SSSR count). The summed E-state index contributed by atoms with van der Waals surface area (Å²) in [6.07, 6.45) is 5.05. The third-order valence-electron chi connectivity index (χ3n) is 6.47. The molecular weight excluding hydrogens is 436 g/mol. The van der Waals surface area contributed by atoms with Gasteiger partial charge in [0.25, 0.3) is 5.91 Å². The van der Waals surface area contributed by atoms with E-state index in [1.165, 1.54) is 23.6 Å². The smallest absolute Gasteiger partial charge is 0.258 e. The molecule has 2 N–H and O–H groups in total. The number of carbonyl (C=O) groups is 1. The van der Waals surface area contributed by atoms with Crippen LogP contribution in [0.1, 0.15) is 72.9 Å². The minimum absolute atomic E-state index is 0.00613. The quantitative estimate of drug-likeness (QED) is 0.579. The molecule has 0 aromatic heterocycles. The van der Waals surface area contributed by atoms with Crippen molar-refractivity contribution in [1.29, 1.82) is 0 Å². The molecule has 2 aromatic rings. The first kappa shape index (κ1) is 25.2. The fourth-order valence-electron chi connectivity index (χ4n) is 4.41. The Balaban J connectivity index is 1.59. The molecule has 7 heteroatoms. The molecule has 0 radical (unpaired) electrons. The highest BCUT2D eigenvalue weighted by molar-refractivity contribution is 7.89. The molecule has 6 nitrogen and oxygen atoms in total. The van der Waals surface area contributed by atoms with Crippen LogP contribution in [0.3, 0.4) is 0 Å². The molecule has 0 spiro atoms. The maximum atomic E-state index is 12.7. The van der Waals surface area contributed by atoms with E-state index in [4.69, 9.17) is 4.74 Å². The molecule has 1 unspecified atom stereocenters. The average molecular weight is 473 g/mol. The van der Waals surface area contributed by atoms with Crippen molar-refractivity contribution in [3.8, 4) is 5.75 Å². The first-order valence-electron chi connectivity index (χ1n) is 11.7. The van der Waals surface area contributed by atoms with E-state index in [9.17, 15) is 13.2 Å². The topological polar surface area (TPSA) is 84.5 Å². The molecule has 0 saturated heterocycles. The molecule has 2 aromatic carbocycles. The lowest BCUT2D eigenvalue weighted by molar-refractivity contribution is -0.123. The second-order valence-corrected chi connectivity index (χ2v) is 11.0. The van der Waals surface area contributed by atoms with Crippen molar-refractivity contribution in [2.75, 3.05) is 6.61 Å². The van der Waals surface area contributed by atoms with E-state index in [1.807, 2.05) is 13.8 Å². The number of amides is 1. The van der Waals surface area contributed by atoms with Crippen molar-refractivity contribution >= 4 is 15.9 Å². The van der Waals surface area contributed by atoms with Crippen molar-refractivity contribution in [1.82, 2.24) is 10.0 Å². The number of nitrogens with one attached hydrogen (secondary N) is 2. The zero-order valence-corrected chi connectivity index (χ0v) is 21.1. The van der Waals surface area contributed by atoms with Crippen molar-refractivity contribution in [3.05, 3.63) is 58.1 Å². The number of aryl methyl sites for hydroxylation is 4. The van der Waals surface area contributed by atoms with E-state index in [-0.39, 0.29) is 29.5 Å². The van der Waals surface area contributed by atoms with Gasteiger partial charge in [-0.25, -0.2) is 13.1 Å². The molecule has 0 bridgehead atoms. The maximum Gasteiger partial charge on any atom is 0.258 e. The highest BCUT2D eigenvalue weighted by Gasteiger charge is 2.22. The number of benzene rings is 2. The monoisotopic (exact) mass is 472 g/mol. The van der Waals surface area contributed by atoms with Crippen LogP contribution in [0.5, 0.6) is 5.75 Å². The van der Waals surface area contributed by atoms with Gasteiger partial charge in [0.15, 0.2) is 6.61 Å². The molecular formula is C26H36N2O4S. The van der Waals surface area contributed by atoms with Crippen molar-refractivity contribution < 1.29 is 17.9 Å². The molecule has 1 amide bonds. The minimum Gasteiger partial charge on any atom is -0.484 e. The summed E-state index contributed by atoms with van der Waals surface area (Å²) >= 11 is 0. The van der Waals surface area contributed by atoms with E-state index in [2.05, 4.69) is 36.0 Å². The summed E-state index contributed by atoms with van der Waals surface area (Å²) in [7, 11) is -3.57. The molecule has 1 aliphatic carbocycles. The fourth-order valence-corrected chi connectivity index (χ4v) is 5.80. The summed E-state index contributed by atoms with van der Waals surface area (Å²) in [5.41, 5.74) is 5.32. The molecule has 180 valence electrons. The molecule has 33 heavy (non-hydrogen) atoms. The lowest BCUT2D eigenvalue weighted by atomic mass is 9.96. The van der Waals surface area contributed by atoms with Gasteiger partial charge in [-0.15, -0.1) is 0 Å². The highest BCUT2D eigenvalue weighted by atomic mass is 32.2. The van der Waals surface area contributed by atoms with E-state index >= 15 is 0 Å². The zero-order chi connectivity index (χ0) is 24.2. The number of sulfonamides is 1. The second kappa shape index (κ2) is 10.7. The lowest BCUT2D eigenvalue weighted by Gasteiger charge is -2.22. The standard InChI is InChI=1S/C26H36N2O4S/c1-17-13-19(3)24(15-18(17)2)21(5)27-26(29)16-32-25-12-11-23(14-20(25)4)33(30,31)28-22-9-7-6-8-10-22/h11-15,21-22,28H,6-10,16H2,1-5H3,(H,27,29). The van der Waals surface area contributed by atoms with Crippen LogP contribution in [-0.2, 0) is 14.8 Å². The molecule has 1 fully saturated rings. The number of carbonyl (C=O) groups excluding carboxylic acids is 1. The largest absolute Gasteiger partial charge is 0.484 e. The summed E-state index contributed by atoms with van der Waals surface area (Å²) in [5, 5.41) is 2.98. The van der Waals surface area contributed by atoms with Gasteiger partial charge in [-0.2, -0.15) is 0 Å². The van der Waals surface area contributed by atoms with Crippen LogP contribution in [0.15, 0.2) is 35.2 Å². The Morgan fingerprint density at radius 2 is 1.64 bits per heavy atom. The number of ether oxygens (including phenoxy) is 1. The Morgan fingerprint density at radius 1 is 0.970 bits per heavy atom. The van der Waals surface area contributed by atoms with Crippen LogP contribution in [0.2, 0.25) is 0 Å². The van der Waals surface area contributed by atoms with E-state index < -0.39 is 10.0 Å². The molecule has 1 aliphatic rings. The molecule has 1 saturated carbocycles. The van der Waals surface area contributed by atoms with Gasteiger partial charge < -0.3 is 10.1 Å². The number of hydrogen-bond donors (Lipinski definition) is 2. The Bertz CT molecular complexity index is 1110. The van der Waals surface area contributed by atoms with Gasteiger partial charge in [0, 0.05) is 6.04 Å². The molecule has 1 atom stereocenters. The summed E-state index contributed by atoms with van der Waals surface area (Å²) in [5.74, 6) is 0.270. The van der Waals surface area contributed by atoms with Crippen LogP contribution in [0.4, 0.5) is 0 Å². The Kier molecular flexibility index (Phi) is 8.19. The number of hydrogen-bond acceptors (Lipinski definition) is 4. The predicted molar refractivity (Wildman–Crippen MR) is 131 cm³/mol. The normalized spacial score (nSPS) is 15.8. The van der Waals surface area contributed by atoms with Gasteiger partial charge >= 0.3 is 0 Å². The van der Waals surface area contributed by atoms with Crippen LogP contribution in [0.25, 0.3) is 0 Å². The van der Waals surface area contributed by atoms with Crippen molar-refractivity contribution in [2.45, 2.75) is 83.7 Å². The summed E-state index contributed by atoms with van der Waals surface area (Å²) in [4.78, 5) is 12.7. The molecule has 0 heterocycles. The summed E-state index contributed by atoms with van der Waals surface area (Å²) in [6, 6.07) is 8.86. The van der Waals surface area contributed by atoms with Crippen LogP contribution >= 0.6 is 0 Å². The number of rotatable bonds is 8.